The van der Waals surface area contributed by atoms with Crippen molar-refractivity contribution in [3.05, 3.63) is 91.0 Å². The molecule has 2 nitrogen and oxygen atoms in total. The van der Waals surface area contributed by atoms with Crippen molar-refractivity contribution in [2.75, 3.05) is 26.2 Å². The Bertz CT molecular complexity index is 552. The molecule has 2 heteroatoms. The van der Waals surface area contributed by atoms with Crippen LogP contribution in [0.3, 0.4) is 0 Å². The molecule has 0 atom stereocenters. The monoisotopic (exact) mass is 350 g/mol. The second-order valence-electron chi connectivity index (χ2n) is 5.40. The first-order valence-electron chi connectivity index (χ1n) is 9.15. The Hall–Kier alpha value is -2.42. The maximum atomic E-state index is 3.66. The molecule has 0 amide bonds. The molecule has 0 unspecified atom stereocenters. The van der Waals surface area contributed by atoms with E-state index in [1.807, 2.05) is 72.8 Å². The predicted molar refractivity (Wildman–Crippen MR) is 120 cm³/mol. The van der Waals surface area contributed by atoms with E-state index < -0.39 is 0 Å². The first-order chi connectivity index (χ1) is 12.7. The van der Waals surface area contributed by atoms with Crippen LogP contribution in [0.15, 0.2) is 74.3 Å². The fraction of sp³-hybridized carbons (Fsp3) is 0.250. The van der Waals surface area contributed by atoms with E-state index in [0.717, 1.165) is 37.3 Å². The van der Waals surface area contributed by atoms with Gasteiger partial charge < -0.3 is 10.6 Å². The molecule has 0 spiro atoms. The molecule has 0 heterocycles. The molecule has 2 aromatic rings. The van der Waals surface area contributed by atoms with E-state index in [9.17, 15) is 0 Å². The zero-order valence-corrected chi connectivity index (χ0v) is 16.4. The average Bonchev–Trinajstić information content (AvgIpc) is 2.73. The van der Waals surface area contributed by atoms with Gasteiger partial charge in [0.25, 0.3) is 0 Å². The Kier molecular flexibility index (Phi) is 15.8. The minimum atomic E-state index is 1.07. The molecule has 2 aromatic carbocycles. The summed E-state index contributed by atoms with van der Waals surface area (Å²) in [6.45, 7) is 19.5. The molecule has 0 saturated carbocycles. The summed E-state index contributed by atoms with van der Waals surface area (Å²) in [5, 5.41) is 6.44. The fourth-order valence-electron chi connectivity index (χ4n) is 1.89. The molecule has 26 heavy (non-hydrogen) atoms. The fourth-order valence-corrected chi connectivity index (χ4v) is 1.89. The van der Waals surface area contributed by atoms with E-state index in [-0.39, 0.29) is 0 Å². The number of nitrogens with one attached hydrogen (secondary N) is 2. The van der Waals surface area contributed by atoms with Gasteiger partial charge in [0.05, 0.1) is 0 Å². The van der Waals surface area contributed by atoms with Gasteiger partial charge in [-0.25, -0.2) is 0 Å². The van der Waals surface area contributed by atoms with Crippen molar-refractivity contribution in [2.45, 2.75) is 13.8 Å². The van der Waals surface area contributed by atoms with E-state index in [1.54, 1.807) is 0 Å². The Balaban J connectivity index is 0.000000365. The summed E-state index contributed by atoms with van der Waals surface area (Å²) < 4.78 is 0. The highest BCUT2D eigenvalue weighted by Crippen LogP contribution is 2.05. The Labute approximate surface area is 160 Å². The largest absolute Gasteiger partial charge is 0.316 e. The van der Waals surface area contributed by atoms with Crippen molar-refractivity contribution < 1.29 is 0 Å². The molecule has 0 aliphatic rings. The summed E-state index contributed by atoms with van der Waals surface area (Å²) in [4.78, 5) is 0. The third-order valence-corrected chi connectivity index (χ3v) is 3.42. The lowest BCUT2D eigenvalue weighted by atomic mass is 10.1. The maximum Gasteiger partial charge on any atom is 0.00766 e. The zero-order valence-electron chi connectivity index (χ0n) is 16.4. The number of likely N-dealkylation sites (N-methyl/N-ethyl adjacent to an activating group) is 2. The van der Waals surface area contributed by atoms with Gasteiger partial charge >= 0.3 is 0 Å². The minimum absolute atomic E-state index is 1.07. The molecule has 0 aliphatic carbocycles. The van der Waals surface area contributed by atoms with Crippen LogP contribution in [0.5, 0.6) is 0 Å². The van der Waals surface area contributed by atoms with Gasteiger partial charge in [0.15, 0.2) is 0 Å². The zero-order chi connectivity index (χ0) is 19.5. The lowest BCUT2D eigenvalue weighted by molar-refractivity contribution is 0.641. The summed E-state index contributed by atoms with van der Waals surface area (Å²) in [7, 11) is 0. The normalized spacial score (nSPS) is 9.00. The number of hydrogen-bond donors (Lipinski definition) is 2. The second-order valence-corrected chi connectivity index (χ2v) is 5.40. The van der Waals surface area contributed by atoms with Crippen molar-refractivity contribution >= 4 is 18.2 Å². The van der Waals surface area contributed by atoms with Gasteiger partial charge in [0, 0.05) is 13.1 Å². The van der Waals surface area contributed by atoms with Crippen molar-refractivity contribution in [1.82, 2.24) is 10.6 Å². The number of hydrogen-bond acceptors (Lipinski definition) is 2. The van der Waals surface area contributed by atoms with Crippen molar-refractivity contribution in [3.8, 4) is 0 Å². The molecular formula is C24H34N2. The van der Waals surface area contributed by atoms with Gasteiger partial charge in [-0.05, 0) is 29.8 Å². The molecule has 0 aliphatic heterocycles. The van der Waals surface area contributed by atoms with E-state index in [0.29, 0.717) is 0 Å². The summed E-state index contributed by atoms with van der Waals surface area (Å²) >= 11 is 0. The highest BCUT2D eigenvalue weighted by Gasteiger charge is 1.84. The van der Waals surface area contributed by atoms with E-state index in [2.05, 4.69) is 44.2 Å². The summed E-state index contributed by atoms with van der Waals surface area (Å²) in [6, 6.07) is 18.1. The average molecular weight is 351 g/mol. The standard InChI is InChI=1S/C10H10.C8H8.C6H16N2/c1-3-9-5-7-10(4-2)8-6-9;1-2-8-6-4-3-5-7-8;1-3-7-5-6-8-4-2/h3-8H,1-2H2;2-7H,1H2;7-8H,3-6H2,1-2H3. The summed E-state index contributed by atoms with van der Waals surface area (Å²) in [6.07, 6.45) is 5.49. The Morgan fingerprint density at radius 2 is 0.962 bits per heavy atom. The predicted octanol–water partition coefficient (Wildman–Crippen LogP) is 5.51. The molecule has 0 radical (unpaired) electrons. The van der Waals surface area contributed by atoms with Crippen molar-refractivity contribution in [2.24, 2.45) is 0 Å². The first-order valence-corrected chi connectivity index (χ1v) is 9.15. The van der Waals surface area contributed by atoms with Crippen LogP contribution in [0.1, 0.15) is 30.5 Å². The van der Waals surface area contributed by atoms with Gasteiger partial charge in [0.1, 0.15) is 0 Å². The van der Waals surface area contributed by atoms with Crippen LogP contribution in [0, 0.1) is 0 Å². The number of rotatable bonds is 8. The molecule has 140 valence electrons. The van der Waals surface area contributed by atoms with Crippen molar-refractivity contribution in [3.63, 3.8) is 0 Å². The van der Waals surface area contributed by atoms with Gasteiger partial charge in [-0.2, -0.15) is 0 Å². The molecule has 0 fully saturated rings. The minimum Gasteiger partial charge on any atom is -0.316 e. The first kappa shape index (κ1) is 23.6. The topological polar surface area (TPSA) is 24.1 Å². The van der Waals surface area contributed by atoms with Gasteiger partial charge in [-0.15, -0.1) is 0 Å². The maximum absolute atomic E-state index is 3.66. The molecule has 2 rings (SSSR count). The lowest BCUT2D eigenvalue weighted by Gasteiger charge is -1.99. The molecular weight excluding hydrogens is 316 g/mol. The third kappa shape index (κ3) is 12.9. The smallest absolute Gasteiger partial charge is 0.00766 e. The van der Waals surface area contributed by atoms with Crippen LogP contribution in [-0.2, 0) is 0 Å². The van der Waals surface area contributed by atoms with Crippen LogP contribution in [0.25, 0.3) is 18.2 Å². The van der Waals surface area contributed by atoms with Crippen LogP contribution in [0.2, 0.25) is 0 Å². The van der Waals surface area contributed by atoms with Crippen LogP contribution in [0.4, 0.5) is 0 Å². The third-order valence-electron chi connectivity index (χ3n) is 3.42. The van der Waals surface area contributed by atoms with Gasteiger partial charge in [-0.1, -0.05) is 106 Å². The van der Waals surface area contributed by atoms with Crippen LogP contribution >= 0.6 is 0 Å². The van der Waals surface area contributed by atoms with E-state index >= 15 is 0 Å². The Morgan fingerprint density at radius 3 is 1.23 bits per heavy atom. The second kappa shape index (κ2) is 17.4. The quantitative estimate of drug-likeness (QED) is 0.614. The molecule has 0 aromatic heterocycles. The molecule has 0 saturated heterocycles. The van der Waals surface area contributed by atoms with E-state index in [1.165, 1.54) is 5.56 Å². The molecule has 2 N–H and O–H groups in total. The summed E-state index contributed by atoms with van der Waals surface area (Å²) in [5.74, 6) is 0. The van der Waals surface area contributed by atoms with Gasteiger partial charge in [-0.3, -0.25) is 0 Å². The van der Waals surface area contributed by atoms with E-state index in [4.69, 9.17) is 0 Å². The SMILES string of the molecule is C=Cc1ccc(C=C)cc1.C=Cc1ccccc1.CCNCCNCC. The highest BCUT2D eigenvalue weighted by molar-refractivity contribution is 5.53. The van der Waals surface area contributed by atoms with Gasteiger partial charge in [0.2, 0.25) is 0 Å². The summed E-state index contributed by atoms with van der Waals surface area (Å²) in [5.41, 5.74) is 3.46. The van der Waals surface area contributed by atoms with Crippen LogP contribution in [-0.4, -0.2) is 26.2 Å². The molecule has 0 bridgehead atoms. The van der Waals surface area contributed by atoms with Crippen LogP contribution < -0.4 is 10.6 Å². The Morgan fingerprint density at radius 1 is 0.615 bits per heavy atom. The number of benzene rings is 2. The van der Waals surface area contributed by atoms with Crippen molar-refractivity contribution in [1.29, 1.82) is 0 Å². The highest BCUT2D eigenvalue weighted by atomic mass is 14.9. The lowest BCUT2D eigenvalue weighted by Crippen LogP contribution is -2.26.